The number of carbonyl (C=O) groups excluding carboxylic acids is 1. The van der Waals surface area contributed by atoms with E-state index in [1.54, 1.807) is 0 Å². The maximum Gasteiger partial charge on any atom is 2.00 e. The molecule has 0 bridgehead atoms. The van der Waals surface area contributed by atoms with E-state index in [0.717, 1.165) is 25.7 Å². The molecule has 0 aromatic heterocycles. The smallest absolute Gasteiger partial charge is 0.862 e. The normalized spacial score (nSPS) is 11.9. The van der Waals surface area contributed by atoms with Crippen LogP contribution >= 0.6 is 0 Å². The number of unbranched alkanes of at least 4 members (excludes halogenated alkanes) is 16. The van der Waals surface area contributed by atoms with Gasteiger partial charge in [-0.1, -0.05) is 104 Å². The molecule has 0 atom stereocenters. The standard InChI is InChI=1S/2C15H31NO4S.Ca/c2*1-2-3-4-5-6-7-8-9-12-15(17)16-13-10-11-14-21(18,19)20;/h2*2-14H2,1H3,(H,16,17)(H,18,19,20);/q;;+2/p-2. The van der Waals surface area contributed by atoms with Crippen molar-refractivity contribution < 1.29 is 35.8 Å². The number of nitrogens with zero attached hydrogens (tertiary/aromatic N) is 1. The molecule has 0 aromatic carbocycles. The van der Waals surface area contributed by atoms with Crippen molar-refractivity contribution in [1.82, 2.24) is 5.32 Å². The van der Waals surface area contributed by atoms with Crippen molar-refractivity contribution in [2.24, 2.45) is 4.99 Å². The van der Waals surface area contributed by atoms with Gasteiger partial charge in [-0.2, -0.15) is 8.42 Å². The van der Waals surface area contributed by atoms with Gasteiger partial charge in [-0.25, -0.2) is 8.42 Å². The zero-order chi connectivity index (χ0) is 32.0. The summed E-state index contributed by atoms with van der Waals surface area (Å²) in [4.78, 5) is 15.4. The third-order valence-corrected chi connectivity index (χ3v) is 8.34. The first kappa shape index (κ1) is 47.4. The van der Waals surface area contributed by atoms with Gasteiger partial charge in [0.05, 0.1) is 15.9 Å². The van der Waals surface area contributed by atoms with Crippen LogP contribution in [0, 0.1) is 0 Å². The average Bonchev–Trinajstić information content (AvgIpc) is 2.90. The Labute approximate surface area is 293 Å². The Hall–Kier alpha value is 0.0197. The van der Waals surface area contributed by atoms with Gasteiger partial charge in [-0.3, -0.25) is 9.35 Å². The van der Waals surface area contributed by atoms with Gasteiger partial charge < -0.3 is 20.0 Å². The largest absolute Gasteiger partial charge is 2.00 e. The number of amides is 1. The number of rotatable bonds is 28. The number of aliphatic imine (C=N–C) groups is 1. The summed E-state index contributed by atoms with van der Waals surface area (Å²) in [5.74, 6) is -0.672. The molecule has 0 aliphatic carbocycles. The first-order chi connectivity index (χ1) is 19.9. The molecule has 2 N–H and O–H groups in total. The SMILES string of the molecule is CCCCCCCCCCC(=O)NCCCCS(=O)(=O)O.CCCCCCCCCCC([O-])=NCCCCS(=O)(=O)[O-].[Ca+2]. The van der Waals surface area contributed by atoms with Gasteiger partial charge in [0.1, 0.15) is 0 Å². The number of hydrogen-bond acceptors (Lipinski definition) is 8. The molecule has 0 rings (SSSR count). The van der Waals surface area contributed by atoms with Crippen molar-refractivity contribution in [3.63, 3.8) is 0 Å². The first-order valence-electron chi connectivity index (χ1n) is 16.3. The summed E-state index contributed by atoms with van der Waals surface area (Å²) in [6.07, 6.45) is 22.0. The fraction of sp³-hybridized carbons (Fsp3) is 0.933. The average molecular weight is 681 g/mol. The number of nitrogens with one attached hydrogen (secondary N) is 1. The second kappa shape index (κ2) is 33.4. The summed E-state index contributed by atoms with van der Waals surface area (Å²) in [7, 11) is -8.00. The van der Waals surface area contributed by atoms with E-state index in [1.807, 2.05) is 0 Å². The molecule has 13 heteroatoms. The summed E-state index contributed by atoms with van der Waals surface area (Å²) >= 11 is 0. The molecular weight excluding hydrogens is 621 g/mol. The Morgan fingerprint density at radius 2 is 1.09 bits per heavy atom. The van der Waals surface area contributed by atoms with Gasteiger partial charge in [-0.15, -0.1) is 0 Å². The predicted molar refractivity (Wildman–Crippen MR) is 175 cm³/mol. The van der Waals surface area contributed by atoms with Crippen molar-refractivity contribution in [2.45, 2.75) is 155 Å². The minimum absolute atomic E-state index is 0. The molecule has 0 aliphatic rings. The molecule has 252 valence electrons. The molecule has 1 amide bonds. The van der Waals surface area contributed by atoms with Crippen LogP contribution < -0.4 is 10.4 Å². The Balaban J connectivity index is -0.000000727. The van der Waals surface area contributed by atoms with Gasteiger partial charge in [0, 0.05) is 25.3 Å². The van der Waals surface area contributed by atoms with Crippen molar-refractivity contribution in [1.29, 1.82) is 0 Å². The minimum Gasteiger partial charge on any atom is -0.862 e. The fourth-order valence-corrected chi connectivity index (χ4v) is 5.36. The van der Waals surface area contributed by atoms with E-state index < -0.39 is 20.2 Å². The summed E-state index contributed by atoms with van der Waals surface area (Å²) in [5, 5.41) is 14.2. The van der Waals surface area contributed by atoms with E-state index >= 15 is 0 Å². The van der Waals surface area contributed by atoms with E-state index in [2.05, 4.69) is 24.2 Å². The second-order valence-electron chi connectivity index (χ2n) is 11.0. The quantitative estimate of drug-likeness (QED) is 0.0357. The molecule has 10 nitrogen and oxygen atoms in total. The van der Waals surface area contributed by atoms with Crippen molar-refractivity contribution in [3.05, 3.63) is 0 Å². The predicted octanol–water partition coefficient (Wildman–Crippen LogP) is 5.52. The summed E-state index contributed by atoms with van der Waals surface area (Å²) in [6.45, 7) is 5.22. The molecule has 0 aromatic rings. The van der Waals surface area contributed by atoms with Crippen LogP contribution in [0.2, 0.25) is 0 Å². The van der Waals surface area contributed by atoms with Crippen molar-refractivity contribution >= 4 is 69.8 Å². The van der Waals surface area contributed by atoms with Gasteiger partial charge in [0.15, 0.2) is 0 Å². The molecule has 0 saturated heterocycles. The van der Waals surface area contributed by atoms with Crippen LogP contribution in [0.5, 0.6) is 0 Å². The van der Waals surface area contributed by atoms with Crippen molar-refractivity contribution in [2.75, 3.05) is 24.6 Å². The molecule has 0 radical (unpaired) electrons. The summed E-state index contributed by atoms with van der Waals surface area (Å²) < 4.78 is 60.6. The molecule has 43 heavy (non-hydrogen) atoms. The van der Waals surface area contributed by atoms with Gasteiger partial charge in [-0.05, 0) is 50.8 Å². The van der Waals surface area contributed by atoms with Crippen LogP contribution in [0.3, 0.4) is 0 Å². The van der Waals surface area contributed by atoms with E-state index in [9.17, 15) is 31.3 Å². The Bertz CT molecular complexity index is 869. The van der Waals surface area contributed by atoms with Gasteiger partial charge in [0.25, 0.3) is 10.1 Å². The molecule has 0 unspecified atom stereocenters. The fourth-order valence-electron chi connectivity index (χ4n) is 4.23. The second-order valence-corrected chi connectivity index (χ2v) is 14.1. The van der Waals surface area contributed by atoms with Crippen molar-refractivity contribution in [3.8, 4) is 0 Å². The van der Waals surface area contributed by atoms with E-state index in [4.69, 9.17) is 4.55 Å². The van der Waals surface area contributed by atoms with Crippen LogP contribution in [0.25, 0.3) is 0 Å². The maximum atomic E-state index is 11.5. The summed E-state index contributed by atoms with van der Waals surface area (Å²) in [6, 6.07) is 0. The Kier molecular flexibility index (Phi) is 36.8. The third-order valence-electron chi connectivity index (χ3n) is 6.74. The Morgan fingerprint density at radius 3 is 1.56 bits per heavy atom. The van der Waals surface area contributed by atoms with Crippen LogP contribution in [0.4, 0.5) is 0 Å². The molecule has 0 fully saturated rings. The van der Waals surface area contributed by atoms with Gasteiger partial charge in [0.2, 0.25) is 5.91 Å². The van der Waals surface area contributed by atoms with E-state index in [-0.39, 0.29) is 67.5 Å². The Morgan fingerprint density at radius 1 is 0.651 bits per heavy atom. The van der Waals surface area contributed by atoms with E-state index in [1.165, 1.54) is 77.0 Å². The zero-order valence-corrected chi connectivity index (χ0v) is 31.0. The van der Waals surface area contributed by atoms with Crippen LogP contribution in [-0.4, -0.2) is 100 Å². The number of hydrogen-bond donors (Lipinski definition) is 2. The molecular formula is C30H60CaN2O8S2. The third kappa shape index (κ3) is 46.6. The van der Waals surface area contributed by atoms with Gasteiger partial charge >= 0.3 is 37.7 Å². The maximum absolute atomic E-state index is 11.5. The van der Waals surface area contributed by atoms with Crippen LogP contribution in [0.1, 0.15) is 155 Å². The monoisotopic (exact) mass is 680 g/mol. The molecule has 0 aliphatic heterocycles. The zero-order valence-electron chi connectivity index (χ0n) is 27.2. The topological polar surface area (TPSA) is 176 Å². The first-order valence-corrected chi connectivity index (χ1v) is 19.5. The molecule has 0 spiro atoms. The molecule has 0 heterocycles. The molecule has 0 saturated carbocycles. The van der Waals surface area contributed by atoms with E-state index in [0.29, 0.717) is 45.2 Å². The van der Waals surface area contributed by atoms with Crippen LogP contribution in [-0.2, 0) is 25.0 Å². The summed E-state index contributed by atoms with van der Waals surface area (Å²) in [5.41, 5.74) is 0. The van der Waals surface area contributed by atoms with Crippen LogP contribution in [0.15, 0.2) is 4.99 Å². The minimum atomic E-state index is -4.13. The number of carbonyl (C=O) groups is 1.